The highest BCUT2D eigenvalue weighted by Crippen LogP contribution is 2.68. The van der Waals surface area contributed by atoms with Crippen molar-refractivity contribution in [3.63, 3.8) is 0 Å². The van der Waals surface area contributed by atoms with E-state index in [9.17, 15) is 29.4 Å². The summed E-state index contributed by atoms with van der Waals surface area (Å²) in [5, 5.41) is 18.4. The third kappa shape index (κ3) is 1.70. The van der Waals surface area contributed by atoms with Gasteiger partial charge in [-0.2, -0.15) is 0 Å². The fourth-order valence-corrected chi connectivity index (χ4v) is 3.37. The van der Waals surface area contributed by atoms with Gasteiger partial charge < -0.3 is 20.1 Å². The van der Waals surface area contributed by atoms with Crippen LogP contribution in [0.3, 0.4) is 0 Å². The van der Waals surface area contributed by atoms with E-state index in [-0.39, 0.29) is 30.1 Å². The van der Waals surface area contributed by atoms with Gasteiger partial charge in [0, 0.05) is 19.3 Å². The molecule has 116 valence electrons. The molecule has 0 bridgehead atoms. The molecule has 1 saturated heterocycles. The number of hydrogen-bond donors (Lipinski definition) is 3. The van der Waals surface area contributed by atoms with Crippen molar-refractivity contribution in [3.8, 4) is 0 Å². The zero-order valence-corrected chi connectivity index (χ0v) is 11.9. The minimum absolute atomic E-state index is 0.0147. The number of aromatic amines is 1. The van der Waals surface area contributed by atoms with Gasteiger partial charge in [0.05, 0.1) is 5.56 Å². The third-order valence-electron chi connectivity index (χ3n) is 4.53. The number of carboxylic acid groups (broad SMARTS) is 2. The van der Waals surface area contributed by atoms with E-state index < -0.39 is 34.2 Å². The number of hydrogen-bond acceptors (Lipinski definition) is 4. The van der Waals surface area contributed by atoms with Crippen LogP contribution in [0.1, 0.15) is 16.8 Å². The van der Waals surface area contributed by atoms with E-state index in [1.54, 1.807) is 0 Å². The predicted octanol–water partition coefficient (Wildman–Crippen LogP) is 0.0298. The Labute approximate surface area is 128 Å². The van der Waals surface area contributed by atoms with Gasteiger partial charge >= 0.3 is 11.9 Å². The molecule has 22 heavy (non-hydrogen) atoms. The van der Waals surface area contributed by atoms with Gasteiger partial charge in [-0.3, -0.25) is 19.2 Å². The minimum Gasteiger partial charge on any atom is -0.481 e. The number of fused-ring (bicyclic) bond motifs is 1. The summed E-state index contributed by atoms with van der Waals surface area (Å²) >= 11 is 5.65. The number of nitrogens with one attached hydrogen (secondary N) is 1. The SMILES string of the molecule is O=C(c1c[nH]c(=O)c(Cl)c1)N1C[C@@]2(C(=O)O)C[C@@]2(C(=O)O)C1. The van der Waals surface area contributed by atoms with Gasteiger partial charge in [0.25, 0.3) is 11.5 Å². The number of nitrogens with zero attached hydrogens (tertiary/aromatic N) is 1. The third-order valence-corrected chi connectivity index (χ3v) is 4.81. The van der Waals surface area contributed by atoms with E-state index in [0.717, 1.165) is 0 Å². The van der Waals surface area contributed by atoms with E-state index >= 15 is 0 Å². The van der Waals surface area contributed by atoms with Crippen LogP contribution in [0.2, 0.25) is 5.02 Å². The maximum Gasteiger partial charge on any atom is 0.312 e. The van der Waals surface area contributed by atoms with Crippen LogP contribution in [0.25, 0.3) is 0 Å². The van der Waals surface area contributed by atoms with Crippen molar-refractivity contribution in [2.75, 3.05) is 13.1 Å². The second kappa shape index (κ2) is 4.33. The molecule has 0 radical (unpaired) electrons. The lowest BCUT2D eigenvalue weighted by Crippen LogP contribution is -2.34. The van der Waals surface area contributed by atoms with Gasteiger partial charge in [0.1, 0.15) is 15.9 Å². The minimum atomic E-state index is -1.43. The van der Waals surface area contributed by atoms with Gasteiger partial charge in [-0.1, -0.05) is 11.6 Å². The van der Waals surface area contributed by atoms with Crippen LogP contribution in [0.15, 0.2) is 17.1 Å². The number of aliphatic carboxylic acids is 2. The topological polar surface area (TPSA) is 128 Å². The first kappa shape index (κ1) is 14.6. The van der Waals surface area contributed by atoms with Gasteiger partial charge in [-0.05, 0) is 12.5 Å². The van der Waals surface area contributed by atoms with Crippen LogP contribution in [-0.4, -0.2) is 51.0 Å². The Hall–Kier alpha value is -2.35. The lowest BCUT2D eigenvalue weighted by molar-refractivity contribution is -0.151. The van der Waals surface area contributed by atoms with Crippen LogP contribution in [0.4, 0.5) is 0 Å². The second-order valence-electron chi connectivity index (χ2n) is 5.68. The second-order valence-corrected chi connectivity index (χ2v) is 6.09. The standard InChI is InChI=1S/C13H11ClN2O6/c14-7-1-6(2-15-8(7)17)9(18)16-4-12(10(19)20)3-13(12,5-16)11(21)22/h1-2H,3-5H2,(H,15,17)(H,19,20)(H,21,22)/t12-,13+. The summed E-state index contributed by atoms with van der Waals surface area (Å²) < 4.78 is 0. The number of carbonyl (C=O) groups excluding carboxylic acids is 1. The van der Waals surface area contributed by atoms with Crippen molar-refractivity contribution in [3.05, 3.63) is 33.2 Å². The van der Waals surface area contributed by atoms with E-state index in [0.29, 0.717) is 0 Å². The molecule has 0 aromatic carbocycles. The molecular weight excluding hydrogens is 316 g/mol. The van der Waals surface area contributed by atoms with Crippen molar-refractivity contribution in [1.82, 2.24) is 9.88 Å². The highest BCUT2D eigenvalue weighted by atomic mass is 35.5. The molecule has 1 amide bonds. The molecule has 3 N–H and O–H groups in total. The van der Waals surface area contributed by atoms with Crippen molar-refractivity contribution < 1.29 is 24.6 Å². The summed E-state index contributed by atoms with van der Waals surface area (Å²) in [5.41, 5.74) is -3.33. The van der Waals surface area contributed by atoms with Gasteiger partial charge in [-0.15, -0.1) is 0 Å². The Balaban J connectivity index is 1.90. The van der Waals surface area contributed by atoms with Crippen molar-refractivity contribution in [2.45, 2.75) is 6.42 Å². The fraction of sp³-hybridized carbons (Fsp3) is 0.385. The molecule has 2 heterocycles. The number of aromatic nitrogens is 1. The molecule has 8 nitrogen and oxygen atoms in total. The summed E-state index contributed by atoms with van der Waals surface area (Å²) in [6, 6.07) is 1.17. The smallest absolute Gasteiger partial charge is 0.312 e. The fourth-order valence-electron chi connectivity index (χ4n) is 3.19. The maximum absolute atomic E-state index is 12.4. The monoisotopic (exact) mass is 326 g/mol. The van der Waals surface area contributed by atoms with Gasteiger partial charge in [-0.25, -0.2) is 0 Å². The quantitative estimate of drug-likeness (QED) is 0.719. The summed E-state index contributed by atoms with van der Waals surface area (Å²) in [7, 11) is 0. The number of amides is 1. The zero-order valence-electron chi connectivity index (χ0n) is 11.1. The highest BCUT2D eigenvalue weighted by molar-refractivity contribution is 6.30. The number of likely N-dealkylation sites (tertiary alicyclic amines) is 1. The summed E-state index contributed by atoms with van der Waals surface area (Å²) in [4.78, 5) is 49.8. The molecule has 1 aromatic rings. The largest absolute Gasteiger partial charge is 0.481 e. The Morgan fingerprint density at radius 3 is 2.18 bits per heavy atom. The van der Waals surface area contributed by atoms with Crippen LogP contribution in [0.5, 0.6) is 0 Å². The number of pyridine rings is 1. The first-order valence-corrected chi connectivity index (χ1v) is 6.76. The zero-order chi connectivity index (χ0) is 16.3. The lowest BCUT2D eigenvalue weighted by atomic mass is 9.97. The predicted molar refractivity (Wildman–Crippen MR) is 72.7 cm³/mol. The van der Waals surface area contributed by atoms with E-state index in [4.69, 9.17) is 11.6 Å². The normalized spacial score (nSPS) is 29.0. The van der Waals surface area contributed by atoms with E-state index in [2.05, 4.69) is 4.98 Å². The molecular formula is C13H11ClN2O6. The van der Waals surface area contributed by atoms with E-state index in [1.165, 1.54) is 17.2 Å². The molecule has 2 atom stereocenters. The molecule has 3 rings (SSSR count). The number of piperidine rings is 1. The first-order valence-electron chi connectivity index (χ1n) is 6.38. The van der Waals surface area contributed by atoms with Crippen molar-refractivity contribution >= 4 is 29.4 Å². The Bertz CT molecular complexity index is 746. The molecule has 2 fully saturated rings. The van der Waals surface area contributed by atoms with Gasteiger partial charge in [0.2, 0.25) is 0 Å². The lowest BCUT2D eigenvalue weighted by Gasteiger charge is -2.20. The number of halogens is 1. The number of rotatable bonds is 3. The molecule has 2 aliphatic rings. The van der Waals surface area contributed by atoms with Crippen LogP contribution in [-0.2, 0) is 9.59 Å². The molecule has 1 saturated carbocycles. The molecule has 1 aromatic heterocycles. The van der Waals surface area contributed by atoms with E-state index in [1.807, 2.05) is 0 Å². The first-order chi connectivity index (χ1) is 10.2. The maximum atomic E-state index is 12.4. The van der Waals surface area contributed by atoms with Crippen LogP contribution in [0, 0.1) is 10.8 Å². The molecule has 1 aliphatic carbocycles. The number of carboxylic acids is 2. The average molecular weight is 327 g/mol. The van der Waals surface area contributed by atoms with Crippen molar-refractivity contribution in [2.24, 2.45) is 10.8 Å². The average Bonchev–Trinajstić information content (AvgIpc) is 3.00. The van der Waals surface area contributed by atoms with Gasteiger partial charge in [0.15, 0.2) is 0 Å². The summed E-state index contributed by atoms with van der Waals surface area (Å²) in [6.07, 6.45) is 1.18. The number of carbonyl (C=O) groups is 3. The molecule has 9 heteroatoms. The molecule has 0 unspecified atom stereocenters. The molecule has 0 spiro atoms. The Kier molecular flexibility index (Phi) is 2.87. The summed E-state index contributed by atoms with van der Waals surface area (Å²) in [5.74, 6) is -3.00. The van der Waals surface area contributed by atoms with Crippen LogP contribution >= 0.6 is 11.6 Å². The summed E-state index contributed by atoms with van der Waals surface area (Å²) in [6.45, 7) is -0.353. The van der Waals surface area contributed by atoms with Crippen LogP contribution < -0.4 is 5.56 Å². The highest BCUT2D eigenvalue weighted by Gasteiger charge is 2.81. The number of H-pyrrole nitrogens is 1. The van der Waals surface area contributed by atoms with Crippen molar-refractivity contribution in [1.29, 1.82) is 0 Å². The molecule has 1 aliphatic heterocycles. The Morgan fingerprint density at radius 2 is 1.73 bits per heavy atom. The Morgan fingerprint density at radius 1 is 1.18 bits per heavy atom.